The van der Waals surface area contributed by atoms with Crippen molar-refractivity contribution in [2.75, 3.05) is 44.9 Å². The van der Waals surface area contributed by atoms with Gasteiger partial charge in [0.2, 0.25) is 5.95 Å². The Morgan fingerprint density at radius 1 is 1.09 bits per heavy atom. The van der Waals surface area contributed by atoms with Crippen molar-refractivity contribution in [1.82, 2.24) is 14.9 Å². The largest absolute Gasteiger partial charge is 0.573 e. The van der Waals surface area contributed by atoms with Crippen LogP contribution in [0.3, 0.4) is 0 Å². The van der Waals surface area contributed by atoms with Crippen molar-refractivity contribution in [2.45, 2.75) is 6.36 Å². The van der Waals surface area contributed by atoms with E-state index in [0.29, 0.717) is 24.4 Å². The zero-order chi connectivity index (χ0) is 25.6. The number of nitrogens with one attached hydrogen (secondary N) is 2. The van der Waals surface area contributed by atoms with Gasteiger partial charge in [-0.05, 0) is 38.4 Å². The third kappa shape index (κ3) is 7.43. The van der Waals surface area contributed by atoms with Gasteiger partial charge in [-0.3, -0.25) is 10.1 Å². The summed E-state index contributed by atoms with van der Waals surface area (Å²) in [5.74, 6) is 0.275. The lowest BCUT2D eigenvalue weighted by Crippen LogP contribution is -2.21. The lowest BCUT2D eigenvalue weighted by Gasteiger charge is -2.14. The van der Waals surface area contributed by atoms with E-state index in [0.717, 1.165) is 0 Å². The molecule has 0 aliphatic carbocycles. The number of hydrogen-bond acceptors (Lipinski definition) is 9. The van der Waals surface area contributed by atoms with Gasteiger partial charge in [-0.25, -0.2) is 4.98 Å². The molecule has 0 saturated carbocycles. The van der Waals surface area contributed by atoms with Crippen molar-refractivity contribution in [1.29, 1.82) is 0 Å². The van der Waals surface area contributed by atoms with E-state index in [9.17, 15) is 23.3 Å². The maximum atomic E-state index is 12.7. The Morgan fingerprint density at radius 3 is 2.51 bits per heavy atom. The zero-order valence-electron chi connectivity index (χ0n) is 19.1. The predicted octanol–water partition coefficient (Wildman–Crippen LogP) is 4.68. The number of ether oxygens (including phenoxy) is 2. The van der Waals surface area contributed by atoms with Gasteiger partial charge in [0.05, 0.1) is 23.8 Å². The minimum Gasteiger partial charge on any atom is -0.496 e. The first-order chi connectivity index (χ1) is 16.5. The number of anilines is 3. The fourth-order valence-electron chi connectivity index (χ4n) is 3.02. The SMILES string of the molecule is COc1ccc(Nc2cc(-c3cccc(OC(F)(F)F)c3)nc(NCCN(C)C)n2)c([N+](=O)[O-])c1. The highest BCUT2D eigenvalue weighted by molar-refractivity contribution is 5.73. The molecule has 1 heterocycles. The molecule has 0 amide bonds. The van der Waals surface area contributed by atoms with Gasteiger partial charge in [0.25, 0.3) is 5.69 Å². The molecule has 2 aromatic carbocycles. The van der Waals surface area contributed by atoms with Gasteiger partial charge >= 0.3 is 6.36 Å². The molecule has 0 atom stereocenters. The molecule has 2 N–H and O–H groups in total. The van der Waals surface area contributed by atoms with Crippen LogP contribution in [0.2, 0.25) is 0 Å². The van der Waals surface area contributed by atoms with E-state index in [1.54, 1.807) is 12.1 Å². The van der Waals surface area contributed by atoms with E-state index in [2.05, 4.69) is 25.3 Å². The number of nitro groups is 1. The van der Waals surface area contributed by atoms with Gasteiger partial charge in [-0.2, -0.15) is 4.98 Å². The molecule has 0 fully saturated rings. The van der Waals surface area contributed by atoms with Crippen molar-refractivity contribution in [3.05, 3.63) is 58.6 Å². The fourth-order valence-corrected chi connectivity index (χ4v) is 3.02. The highest BCUT2D eigenvalue weighted by atomic mass is 19.4. The summed E-state index contributed by atoms with van der Waals surface area (Å²) in [6, 6.07) is 11.1. The van der Waals surface area contributed by atoms with E-state index >= 15 is 0 Å². The molecular formula is C22H23F3N6O4. The van der Waals surface area contributed by atoms with Crippen LogP contribution in [0.5, 0.6) is 11.5 Å². The van der Waals surface area contributed by atoms with Crippen LogP contribution < -0.4 is 20.1 Å². The molecule has 13 heteroatoms. The Morgan fingerprint density at radius 2 is 1.86 bits per heavy atom. The minimum atomic E-state index is -4.84. The number of likely N-dealkylation sites (N-methyl/N-ethyl adjacent to an activating group) is 1. The average Bonchev–Trinajstić information content (AvgIpc) is 2.78. The highest BCUT2D eigenvalue weighted by Gasteiger charge is 2.31. The lowest BCUT2D eigenvalue weighted by molar-refractivity contribution is -0.384. The summed E-state index contributed by atoms with van der Waals surface area (Å²) in [5.41, 5.74) is 0.511. The summed E-state index contributed by atoms with van der Waals surface area (Å²) in [7, 11) is 5.17. The summed E-state index contributed by atoms with van der Waals surface area (Å²) >= 11 is 0. The quantitative estimate of drug-likeness (QED) is 0.308. The first-order valence-electron chi connectivity index (χ1n) is 10.3. The maximum Gasteiger partial charge on any atom is 0.573 e. The summed E-state index contributed by atoms with van der Waals surface area (Å²) in [4.78, 5) is 21.7. The number of benzene rings is 2. The van der Waals surface area contributed by atoms with Crippen LogP contribution >= 0.6 is 0 Å². The van der Waals surface area contributed by atoms with E-state index in [4.69, 9.17) is 4.74 Å². The van der Waals surface area contributed by atoms with Crippen LogP contribution in [0.4, 0.5) is 36.3 Å². The van der Waals surface area contributed by atoms with Crippen molar-refractivity contribution < 1.29 is 27.6 Å². The van der Waals surface area contributed by atoms with Crippen LogP contribution in [0, 0.1) is 10.1 Å². The molecule has 10 nitrogen and oxygen atoms in total. The number of alkyl halides is 3. The molecule has 0 aliphatic rings. The van der Waals surface area contributed by atoms with Gasteiger partial charge in [0, 0.05) is 24.7 Å². The number of rotatable bonds is 10. The molecule has 1 aromatic heterocycles. The van der Waals surface area contributed by atoms with Crippen LogP contribution in [-0.2, 0) is 0 Å². The molecule has 0 unspecified atom stereocenters. The zero-order valence-corrected chi connectivity index (χ0v) is 19.1. The minimum absolute atomic E-state index is 0.147. The third-order valence-corrected chi connectivity index (χ3v) is 4.60. The summed E-state index contributed by atoms with van der Waals surface area (Å²) in [6.07, 6.45) is -4.84. The molecule has 0 aliphatic heterocycles. The second kappa shape index (κ2) is 10.9. The molecule has 35 heavy (non-hydrogen) atoms. The summed E-state index contributed by atoms with van der Waals surface area (Å²) in [5, 5.41) is 17.5. The smallest absolute Gasteiger partial charge is 0.496 e. The third-order valence-electron chi connectivity index (χ3n) is 4.60. The Balaban J connectivity index is 2.00. The molecule has 0 spiro atoms. The second-order valence-corrected chi connectivity index (χ2v) is 7.53. The highest BCUT2D eigenvalue weighted by Crippen LogP contribution is 2.33. The van der Waals surface area contributed by atoms with Gasteiger partial charge in [-0.1, -0.05) is 12.1 Å². The molecule has 0 bridgehead atoms. The average molecular weight is 492 g/mol. The number of nitrogens with zero attached hydrogens (tertiary/aromatic N) is 4. The molecule has 3 aromatic rings. The van der Waals surface area contributed by atoms with Gasteiger partial charge < -0.3 is 25.0 Å². The Hall–Kier alpha value is -4.13. The Kier molecular flexibility index (Phi) is 7.91. The van der Waals surface area contributed by atoms with E-state index in [1.807, 2.05) is 19.0 Å². The Bertz CT molecular complexity index is 1190. The lowest BCUT2D eigenvalue weighted by atomic mass is 10.1. The maximum absolute atomic E-state index is 12.7. The Labute approximate surface area is 198 Å². The molecule has 0 saturated heterocycles. The van der Waals surface area contributed by atoms with Crippen LogP contribution in [0.25, 0.3) is 11.3 Å². The molecule has 186 valence electrons. The summed E-state index contributed by atoms with van der Waals surface area (Å²) < 4.78 is 47.1. The second-order valence-electron chi connectivity index (χ2n) is 7.53. The predicted molar refractivity (Wildman–Crippen MR) is 124 cm³/mol. The van der Waals surface area contributed by atoms with E-state index < -0.39 is 17.0 Å². The van der Waals surface area contributed by atoms with Crippen molar-refractivity contribution >= 4 is 23.1 Å². The van der Waals surface area contributed by atoms with Gasteiger partial charge in [0.15, 0.2) is 0 Å². The van der Waals surface area contributed by atoms with Gasteiger partial charge in [0.1, 0.15) is 23.0 Å². The van der Waals surface area contributed by atoms with Crippen molar-refractivity contribution in [3.63, 3.8) is 0 Å². The number of halogens is 3. The number of hydrogen-bond donors (Lipinski definition) is 2. The first kappa shape index (κ1) is 25.5. The van der Waals surface area contributed by atoms with Crippen LogP contribution in [0.1, 0.15) is 0 Å². The monoisotopic (exact) mass is 492 g/mol. The van der Waals surface area contributed by atoms with E-state index in [1.165, 1.54) is 43.5 Å². The molecular weight excluding hydrogens is 469 g/mol. The van der Waals surface area contributed by atoms with Crippen LogP contribution in [-0.4, -0.2) is 60.4 Å². The standard InChI is InChI=1S/C22H23F3N6O4/c1-30(2)10-9-26-21-28-18(14-5-4-6-16(11-14)35-22(23,24)25)13-20(29-21)27-17-8-7-15(34-3)12-19(17)31(32)33/h4-8,11-13H,9-10H2,1-3H3,(H2,26,27,28,29). The fraction of sp³-hybridized carbons (Fsp3) is 0.273. The number of methoxy groups -OCH3 is 1. The van der Waals surface area contributed by atoms with E-state index in [-0.39, 0.29) is 28.8 Å². The van der Waals surface area contributed by atoms with Crippen molar-refractivity contribution in [3.8, 4) is 22.8 Å². The van der Waals surface area contributed by atoms with Gasteiger partial charge in [-0.15, -0.1) is 13.2 Å². The molecule has 0 radical (unpaired) electrons. The number of nitro benzene ring substituents is 1. The molecule has 3 rings (SSSR count). The van der Waals surface area contributed by atoms with Crippen LogP contribution in [0.15, 0.2) is 48.5 Å². The topological polar surface area (TPSA) is 115 Å². The normalized spacial score (nSPS) is 11.3. The van der Waals surface area contributed by atoms with Crippen molar-refractivity contribution in [2.24, 2.45) is 0 Å². The first-order valence-corrected chi connectivity index (χ1v) is 10.3. The summed E-state index contributed by atoms with van der Waals surface area (Å²) in [6.45, 7) is 1.14. The number of aromatic nitrogens is 2.